The van der Waals surface area contributed by atoms with E-state index in [1.807, 2.05) is 18.2 Å². The van der Waals surface area contributed by atoms with Crippen LogP contribution in [-0.4, -0.2) is 50.2 Å². The molecule has 0 spiro atoms. The summed E-state index contributed by atoms with van der Waals surface area (Å²) in [6.07, 6.45) is 0. The quantitative estimate of drug-likeness (QED) is 0.814. The molecular formula is C21H27N2O2S+. The zero-order valence-electron chi connectivity index (χ0n) is 15.7. The third-order valence-corrected chi connectivity index (χ3v) is 5.32. The second-order valence-electron chi connectivity index (χ2n) is 6.89. The Hall–Kier alpha value is -2.11. The molecule has 0 aliphatic carbocycles. The van der Waals surface area contributed by atoms with E-state index < -0.39 is 0 Å². The van der Waals surface area contributed by atoms with Crippen LogP contribution >= 0.6 is 12.2 Å². The van der Waals surface area contributed by atoms with Crippen molar-refractivity contribution in [2.24, 2.45) is 0 Å². The van der Waals surface area contributed by atoms with Crippen LogP contribution in [0.15, 0.2) is 42.5 Å². The highest BCUT2D eigenvalue weighted by Gasteiger charge is 2.20. The Kier molecular flexibility index (Phi) is 6.12. The number of hydrogen-bond donors (Lipinski definition) is 1. The molecule has 1 fully saturated rings. The Morgan fingerprint density at radius 1 is 1.08 bits per heavy atom. The fourth-order valence-electron chi connectivity index (χ4n) is 3.04. The maximum atomic E-state index is 5.96. The number of methoxy groups -OCH3 is 1. The van der Waals surface area contributed by atoms with E-state index in [1.54, 1.807) is 12.0 Å². The zero-order chi connectivity index (χ0) is 18.5. The van der Waals surface area contributed by atoms with Crippen LogP contribution in [0.5, 0.6) is 11.5 Å². The number of likely N-dealkylation sites (N-methyl/N-ethyl adjacent to an activating group) is 1. The lowest BCUT2D eigenvalue weighted by atomic mass is 10.1. The normalized spacial score (nSPS) is 15.0. The molecule has 3 rings (SSSR count). The number of nitrogens with zero attached hydrogens (tertiary/aromatic N) is 1. The second kappa shape index (κ2) is 8.52. The van der Waals surface area contributed by atoms with Crippen molar-refractivity contribution in [2.45, 2.75) is 13.5 Å². The predicted octanol–water partition coefficient (Wildman–Crippen LogP) is 2.09. The topological polar surface area (TPSA) is 26.1 Å². The SMILES string of the molecule is COc1cc(C(=S)N2CC[NH+](C)CC2)ccc1OCc1ccc(C)cc1. The summed E-state index contributed by atoms with van der Waals surface area (Å²) in [6.45, 7) is 6.83. The minimum atomic E-state index is 0.516. The van der Waals surface area contributed by atoms with Gasteiger partial charge in [-0.25, -0.2) is 0 Å². The third kappa shape index (κ3) is 4.54. The van der Waals surface area contributed by atoms with Gasteiger partial charge in [-0.05, 0) is 30.7 Å². The number of thiocarbonyl (C=S) groups is 1. The maximum Gasteiger partial charge on any atom is 0.161 e. The first-order valence-corrected chi connectivity index (χ1v) is 9.44. The molecule has 5 heteroatoms. The summed E-state index contributed by atoms with van der Waals surface area (Å²) >= 11 is 5.70. The molecule has 0 saturated carbocycles. The zero-order valence-corrected chi connectivity index (χ0v) is 16.6. The number of quaternary nitrogens is 1. The van der Waals surface area contributed by atoms with E-state index in [-0.39, 0.29) is 0 Å². The van der Waals surface area contributed by atoms with E-state index in [0.717, 1.165) is 53.8 Å². The van der Waals surface area contributed by atoms with E-state index in [9.17, 15) is 0 Å². The molecule has 2 aromatic rings. The fourth-order valence-corrected chi connectivity index (χ4v) is 3.35. The summed E-state index contributed by atoms with van der Waals surface area (Å²) in [4.78, 5) is 4.73. The van der Waals surface area contributed by atoms with E-state index in [1.165, 1.54) is 5.56 Å². The van der Waals surface area contributed by atoms with Crippen molar-refractivity contribution in [1.29, 1.82) is 0 Å². The van der Waals surface area contributed by atoms with Gasteiger partial charge in [0.1, 0.15) is 11.6 Å². The molecule has 0 radical (unpaired) electrons. The van der Waals surface area contributed by atoms with Crippen LogP contribution in [0.25, 0.3) is 0 Å². The van der Waals surface area contributed by atoms with Gasteiger partial charge in [0.05, 0.1) is 40.3 Å². The number of rotatable bonds is 5. The van der Waals surface area contributed by atoms with Crippen LogP contribution in [0, 0.1) is 6.92 Å². The van der Waals surface area contributed by atoms with E-state index in [4.69, 9.17) is 21.7 Å². The van der Waals surface area contributed by atoms with Gasteiger partial charge in [-0.1, -0.05) is 42.0 Å². The predicted molar refractivity (Wildman–Crippen MR) is 108 cm³/mol. The maximum absolute atomic E-state index is 5.96. The molecule has 1 aliphatic heterocycles. The average molecular weight is 372 g/mol. The number of hydrogen-bond acceptors (Lipinski definition) is 3. The van der Waals surface area contributed by atoms with E-state index >= 15 is 0 Å². The monoisotopic (exact) mass is 371 g/mol. The van der Waals surface area contributed by atoms with Gasteiger partial charge in [0.15, 0.2) is 11.5 Å². The Balaban J connectivity index is 1.68. The van der Waals surface area contributed by atoms with Crippen molar-refractivity contribution < 1.29 is 14.4 Å². The molecule has 1 saturated heterocycles. The number of aryl methyl sites for hydroxylation is 1. The van der Waals surface area contributed by atoms with Crippen molar-refractivity contribution in [3.05, 3.63) is 59.2 Å². The van der Waals surface area contributed by atoms with Crippen LogP contribution in [0.3, 0.4) is 0 Å². The van der Waals surface area contributed by atoms with Crippen molar-refractivity contribution >= 4 is 17.2 Å². The molecule has 26 heavy (non-hydrogen) atoms. The molecule has 138 valence electrons. The van der Waals surface area contributed by atoms with Gasteiger partial charge in [-0.15, -0.1) is 0 Å². The first-order chi connectivity index (χ1) is 12.6. The molecule has 1 aliphatic rings. The van der Waals surface area contributed by atoms with Crippen LogP contribution < -0.4 is 14.4 Å². The molecule has 4 nitrogen and oxygen atoms in total. The molecular weight excluding hydrogens is 344 g/mol. The highest BCUT2D eigenvalue weighted by molar-refractivity contribution is 7.80. The van der Waals surface area contributed by atoms with Gasteiger partial charge in [-0.3, -0.25) is 0 Å². The van der Waals surface area contributed by atoms with Crippen molar-refractivity contribution in [3.8, 4) is 11.5 Å². The number of nitrogens with one attached hydrogen (secondary N) is 1. The number of piperazine rings is 1. The van der Waals surface area contributed by atoms with Crippen LogP contribution in [0.2, 0.25) is 0 Å². The molecule has 0 aromatic heterocycles. The molecule has 1 heterocycles. The lowest BCUT2D eigenvalue weighted by Gasteiger charge is -2.32. The molecule has 0 atom stereocenters. The summed E-state index contributed by atoms with van der Waals surface area (Å²) < 4.78 is 11.5. The minimum Gasteiger partial charge on any atom is -0.493 e. The lowest BCUT2D eigenvalue weighted by molar-refractivity contribution is -0.883. The Morgan fingerprint density at radius 2 is 1.77 bits per heavy atom. The Labute approximate surface area is 161 Å². The smallest absolute Gasteiger partial charge is 0.161 e. The van der Waals surface area contributed by atoms with E-state index in [0.29, 0.717) is 6.61 Å². The molecule has 0 bridgehead atoms. The standard InChI is InChI=1S/C21H26N2O2S/c1-16-4-6-17(7-5-16)15-25-19-9-8-18(14-20(19)24-3)21(26)23-12-10-22(2)11-13-23/h4-9,14H,10-13,15H2,1-3H3/p+1. The molecule has 0 amide bonds. The summed E-state index contributed by atoms with van der Waals surface area (Å²) in [5, 5.41) is 0. The van der Waals surface area contributed by atoms with Gasteiger partial charge in [0, 0.05) is 5.56 Å². The summed E-state index contributed by atoms with van der Waals surface area (Å²) in [7, 11) is 3.89. The van der Waals surface area contributed by atoms with Gasteiger partial charge < -0.3 is 19.3 Å². The Morgan fingerprint density at radius 3 is 2.42 bits per heavy atom. The molecule has 2 aromatic carbocycles. The molecule has 0 unspecified atom stereocenters. The van der Waals surface area contributed by atoms with Crippen molar-refractivity contribution in [3.63, 3.8) is 0 Å². The minimum absolute atomic E-state index is 0.516. The highest BCUT2D eigenvalue weighted by atomic mass is 32.1. The second-order valence-corrected chi connectivity index (χ2v) is 7.28. The van der Waals surface area contributed by atoms with Gasteiger partial charge in [0.2, 0.25) is 0 Å². The number of ether oxygens (including phenoxy) is 2. The van der Waals surface area contributed by atoms with E-state index in [2.05, 4.69) is 43.1 Å². The first-order valence-electron chi connectivity index (χ1n) is 9.04. The van der Waals surface area contributed by atoms with Crippen LogP contribution in [-0.2, 0) is 6.61 Å². The summed E-state index contributed by atoms with van der Waals surface area (Å²) in [5.41, 5.74) is 3.39. The third-order valence-electron chi connectivity index (χ3n) is 4.83. The van der Waals surface area contributed by atoms with Crippen molar-refractivity contribution in [2.75, 3.05) is 40.3 Å². The van der Waals surface area contributed by atoms with Crippen LogP contribution in [0.4, 0.5) is 0 Å². The summed E-state index contributed by atoms with van der Waals surface area (Å²) in [6, 6.07) is 14.3. The fraction of sp³-hybridized carbons (Fsp3) is 0.381. The van der Waals surface area contributed by atoms with Gasteiger partial charge in [-0.2, -0.15) is 0 Å². The summed E-state index contributed by atoms with van der Waals surface area (Å²) in [5.74, 6) is 1.46. The van der Waals surface area contributed by atoms with Crippen LogP contribution in [0.1, 0.15) is 16.7 Å². The highest BCUT2D eigenvalue weighted by Crippen LogP contribution is 2.29. The van der Waals surface area contributed by atoms with Crippen molar-refractivity contribution in [1.82, 2.24) is 4.90 Å². The van der Waals surface area contributed by atoms with Gasteiger partial charge >= 0.3 is 0 Å². The largest absolute Gasteiger partial charge is 0.493 e. The Bertz CT molecular complexity index is 753. The average Bonchev–Trinajstić information content (AvgIpc) is 2.67. The van der Waals surface area contributed by atoms with Gasteiger partial charge in [0.25, 0.3) is 0 Å². The lowest BCUT2D eigenvalue weighted by Crippen LogP contribution is -3.12. The number of benzene rings is 2. The molecule has 1 N–H and O–H groups in total. The first kappa shape index (κ1) is 18.7.